The van der Waals surface area contributed by atoms with Gasteiger partial charge >= 0.3 is 0 Å². The molecule has 2 aromatic rings. The van der Waals surface area contributed by atoms with Gasteiger partial charge in [-0.05, 0) is 25.5 Å². The minimum absolute atomic E-state index is 0.0341. The van der Waals surface area contributed by atoms with E-state index in [9.17, 15) is 9.59 Å². The van der Waals surface area contributed by atoms with Crippen LogP contribution < -0.4 is 5.32 Å². The molecule has 122 valence electrons. The van der Waals surface area contributed by atoms with Gasteiger partial charge in [-0.25, -0.2) is 4.98 Å². The maximum absolute atomic E-state index is 12.6. The summed E-state index contributed by atoms with van der Waals surface area (Å²) in [6, 6.07) is 9.05. The molecular weight excluding hydrogens is 310 g/mol. The second-order valence-electron chi connectivity index (χ2n) is 5.27. The number of aromatic nitrogens is 1. The molecule has 23 heavy (non-hydrogen) atoms. The molecular formula is C17H21N3O2S. The van der Waals surface area contributed by atoms with Crippen LogP contribution in [0.1, 0.15) is 35.0 Å². The van der Waals surface area contributed by atoms with Crippen molar-refractivity contribution in [2.75, 3.05) is 18.4 Å². The van der Waals surface area contributed by atoms with Crippen LogP contribution >= 0.6 is 11.3 Å². The number of rotatable bonds is 7. The highest BCUT2D eigenvalue weighted by atomic mass is 32.1. The highest BCUT2D eigenvalue weighted by Gasteiger charge is 2.18. The van der Waals surface area contributed by atoms with Crippen LogP contribution in [0.4, 0.5) is 5.13 Å². The molecule has 0 saturated carbocycles. The zero-order chi connectivity index (χ0) is 16.7. The highest BCUT2D eigenvalue weighted by Crippen LogP contribution is 2.16. The van der Waals surface area contributed by atoms with E-state index in [1.54, 1.807) is 23.2 Å². The number of carbonyl (C=O) groups is 2. The van der Waals surface area contributed by atoms with Crippen LogP contribution in [0.3, 0.4) is 0 Å². The van der Waals surface area contributed by atoms with Crippen LogP contribution in [-0.2, 0) is 4.79 Å². The Morgan fingerprint density at radius 3 is 2.61 bits per heavy atom. The first kappa shape index (κ1) is 17.1. The average Bonchev–Trinajstić information content (AvgIpc) is 2.96. The van der Waals surface area contributed by atoms with E-state index in [-0.39, 0.29) is 18.4 Å². The molecule has 0 aliphatic heterocycles. The van der Waals surface area contributed by atoms with Crippen LogP contribution in [0.15, 0.2) is 36.5 Å². The van der Waals surface area contributed by atoms with Crippen LogP contribution in [0.5, 0.6) is 0 Å². The van der Waals surface area contributed by atoms with E-state index in [1.165, 1.54) is 11.3 Å². The number of nitrogens with zero attached hydrogens (tertiary/aromatic N) is 2. The fourth-order valence-electron chi connectivity index (χ4n) is 2.11. The third kappa shape index (κ3) is 5.17. The van der Waals surface area contributed by atoms with Crippen molar-refractivity contribution in [2.24, 2.45) is 0 Å². The molecule has 0 unspecified atom stereocenters. The maximum Gasteiger partial charge on any atom is 0.254 e. The van der Waals surface area contributed by atoms with Crippen LogP contribution in [0.25, 0.3) is 0 Å². The van der Waals surface area contributed by atoms with E-state index in [4.69, 9.17) is 0 Å². The molecule has 0 fully saturated rings. The predicted octanol–water partition coefficient (Wildman–Crippen LogP) is 3.33. The minimum atomic E-state index is -0.222. The SMILES string of the molecule is CCCCN(CC(=O)Nc1ncc(C)s1)C(=O)c1ccccc1. The summed E-state index contributed by atoms with van der Waals surface area (Å²) in [6.07, 6.45) is 3.54. The number of benzene rings is 1. The third-order valence-corrected chi connectivity index (χ3v) is 4.12. The molecule has 0 aliphatic rings. The van der Waals surface area contributed by atoms with Crippen molar-refractivity contribution in [1.82, 2.24) is 9.88 Å². The number of anilines is 1. The summed E-state index contributed by atoms with van der Waals surface area (Å²) in [5.41, 5.74) is 0.599. The normalized spacial score (nSPS) is 10.3. The fourth-order valence-corrected chi connectivity index (χ4v) is 2.79. The van der Waals surface area contributed by atoms with E-state index in [2.05, 4.69) is 17.2 Å². The highest BCUT2D eigenvalue weighted by molar-refractivity contribution is 7.15. The number of hydrogen-bond acceptors (Lipinski definition) is 4. The molecule has 0 spiro atoms. The second-order valence-corrected chi connectivity index (χ2v) is 6.51. The lowest BCUT2D eigenvalue weighted by Gasteiger charge is -2.21. The Bertz CT molecular complexity index is 655. The molecule has 1 heterocycles. The Hall–Kier alpha value is -2.21. The van der Waals surface area contributed by atoms with Crippen LogP contribution in [-0.4, -0.2) is 34.8 Å². The van der Waals surface area contributed by atoms with Crippen LogP contribution in [0, 0.1) is 6.92 Å². The number of aryl methyl sites for hydroxylation is 1. The van der Waals surface area contributed by atoms with Gasteiger partial charge in [-0.1, -0.05) is 31.5 Å². The van der Waals surface area contributed by atoms with E-state index in [0.29, 0.717) is 17.2 Å². The number of hydrogen-bond donors (Lipinski definition) is 1. The first-order valence-corrected chi connectivity index (χ1v) is 8.48. The standard InChI is InChI=1S/C17H21N3O2S/c1-3-4-10-20(16(22)14-8-6-5-7-9-14)12-15(21)19-17-18-11-13(2)23-17/h5-9,11H,3-4,10,12H2,1-2H3,(H,18,19,21). The zero-order valence-electron chi connectivity index (χ0n) is 13.4. The lowest BCUT2D eigenvalue weighted by molar-refractivity contribution is -0.116. The predicted molar refractivity (Wildman–Crippen MR) is 92.7 cm³/mol. The first-order chi connectivity index (χ1) is 11.1. The van der Waals surface area contributed by atoms with Crippen molar-refractivity contribution >= 4 is 28.3 Å². The van der Waals surface area contributed by atoms with Crippen molar-refractivity contribution in [3.63, 3.8) is 0 Å². The smallest absolute Gasteiger partial charge is 0.254 e. The fraction of sp³-hybridized carbons (Fsp3) is 0.353. The molecule has 0 radical (unpaired) electrons. The third-order valence-electron chi connectivity index (χ3n) is 3.29. The summed E-state index contributed by atoms with van der Waals surface area (Å²) in [4.78, 5) is 31.5. The Labute approximate surface area is 140 Å². The van der Waals surface area contributed by atoms with Gasteiger partial charge in [0.1, 0.15) is 6.54 Å². The topological polar surface area (TPSA) is 62.3 Å². The van der Waals surface area contributed by atoms with E-state index < -0.39 is 0 Å². The molecule has 5 nitrogen and oxygen atoms in total. The summed E-state index contributed by atoms with van der Waals surface area (Å²) in [5, 5.41) is 3.32. The Morgan fingerprint density at radius 1 is 1.26 bits per heavy atom. The molecule has 0 saturated heterocycles. The zero-order valence-corrected chi connectivity index (χ0v) is 14.2. The van der Waals surface area contributed by atoms with E-state index in [1.807, 2.05) is 25.1 Å². The summed E-state index contributed by atoms with van der Waals surface area (Å²) in [7, 11) is 0. The van der Waals surface area contributed by atoms with Gasteiger partial charge in [0, 0.05) is 23.2 Å². The van der Waals surface area contributed by atoms with Crippen molar-refractivity contribution in [2.45, 2.75) is 26.7 Å². The Kier molecular flexibility index (Phi) is 6.29. The number of thiazole rings is 1. The van der Waals surface area contributed by atoms with Gasteiger partial charge < -0.3 is 10.2 Å². The number of unbranched alkanes of at least 4 members (excludes halogenated alkanes) is 1. The molecule has 0 atom stereocenters. The van der Waals surface area contributed by atoms with Gasteiger partial charge in [0.05, 0.1) is 0 Å². The van der Waals surface area contributed by atoms with Gasteiger partial charge in [0.15, 0.2) is 5.13 Å². The average molecular weight is 331 g/mol. The maximum atomic E-state index is 12.6. The molecule has 0 aliphatic carbocycles. The van der Waals surface area contributed by atoms with Gasteiger partial charge in [-0.3, -0.25) is 9.59 Å². The molecule has 1 aromatic carbocycles. The summed E-state index contributed by atoms with van der Waals surface area (Å²) >= 11 is 1.42. The first-order valence-electron chi connectivity index (χ1n) is 7.66. The summed E-state index contributed by atoms with van der Waals surface area (Å²) in [6.45, 7) is 4.59. The molecule has 1 aromatic heterocycles. The van der Waals surface area contributed by atoms with Crippen LogP contribution in [0.2, 0.25) is 0 Å². The van der Waals surface area contributed by atoms with Crippen molar-refractivity contribution in [3.05, 3.63) is 47.0 Å². The second kappa shape index (κ2) is 8.43. The molecule has 0 bridgehead atoms. The van der Waals surface area contributed by atoms with E-state index >= 15 is 0 Å². The summed E-state index contributed by atoms with van der Waals surface area (Å²) in [5.74, 6) is -0.343. The summed E-state index contributed by atoms with van der Waals surface area (Å²) < 4.78 is 0. The number of carbonyl (C=O) groups excluding carboxylic acids is 2. The molecule has 2 amide bonds. The minimum Gasteiger partial charge on any atom is -0.329 e. The van der Waals surface area contributed by atoms with Gasteiger partial charge in [-0.15, -0.1) is 11.3 Å². The van der Waals surface area contributed by atoms with Gasteiger partial charge in [-0.2, -0.15) is 0 Å². The van der Waals surface area contributed by atoms with Gasteiger partial charge in [0.25, 0.3) is 5.91 Å². The lowest BCUT2D eigenvalue weighted by Crippen LogP contribution is -2.38. The lowest BCUT2D eigenvalue weighted by atomic mass is 10.2. The Balaban J connectivity index is 2.02. The quantitative estimate of drug-likeness (QED) is 0.846. The number of nitrogens with one attached hydrogen (secondary N) is 1. The molecule has 2 rings (SSSR count). The largest absolute Gasteiger partial charge is 0.329 e. The monoisotopic (exact) mass is 331 g/mol. The van der Waals surface area contributed by atoms with Gasteiger partial charge in [0.2, 0.25) is 5.91 Å². The van der Waals surface area contributed by atoms with Crippen molar-refractivity contribution in [1.29, 1.82) is 0 Å². The molecule has 6 heteroatoms. The van der Waals surface area contributed by atoms with Crippen molar-refractivity contribution in [3.8, 4) is 0 Å². The number of amides is 2. The van der Waals surface area contributed by atoms with Crippen molar-refractivity contribution < 1.29 is 9.59 Å². The van der Waals surface area contributed by atoms with E-state index in [0.717, 1.165) is 17.7 Å². The Morgan fingerprint density at radius 2 is 2.00 bits per heavy atom. The molecule has 1 N–H and O–H groups in total.